The largest absolute Gasteiger partial charge is 0.371 e. The van der Waals surface area contributed by atoms with E-state index in [-0.39, 0.29) is 0 Å². The topological polar surface area (TPSA) is 15.3 Å². The number of piperidine rings is 1. The lowest BCUT2D eigenvalue weighted by Gasteiger charge is -2.34. The second kappa shape index (κ2) is 6.94. The Morgan fingerprint density at radius 3 is 2.60 bits per heavy atom. The van der Waals surface area contributed by atoms with Crippen LogP contribution in [0.5, 0.6) is 0 Å². The SMILES string of the molecule is C1=C(CCNC2CCN(c3ccccc3)CC2)CCC1. The zero-order chi connectivity index (χ0) is 13.6. The van der Waals surface area contributed by atoms with Crippen molar-refractivity contribution in [3.8, 4) is 0 Å². The van der Waals surface area contributed by atoms with Crippen LogP contribution in [0.1, 0.15) is 38.5 Å². The van der Waals surface area contributed by atoms with E-state index in [1.54, 1.807) is 5.57 Å². The van der Waals surface area contributed by atoms with Crippen LogP contribution in [0.15, 0.2) is 42.0 Å². The molecule has 108 valence electrons. The Morgan fingerprint density at radius 2 is 1.90 bits per heavy atom. The second-order valence-corrected chi connectivity index (χ2v) is 6.06. The molecule has 0 amide bonds. The standard InChI is InChI=1S/C18H26N2/c1-2-8-18(9-3-1)20-14-11-17(12-15-20)19-13-10-16-6-4-5-7-16/h1-3,6,8-9,17,19H,4-5,7,10-15H2. The average molecular weight is 270 g/mol. The van der Waals surface area contributed by atoms with Crippen LogP contribution in [-0.4, -0.2) is 25.7 Å². The van der Waals surface area contributed by atoms with Gasteiger partial charge >= 0.3 is 0 Å². The molecule has 0 saturated carbocycles. The van der Waals surface area contributed by atoms with Gasteiger partial charge in [-0.15, -0.1) is 0 Å². The van der Waals surface area contributed by atoms with Gasteiger partial charge in [-0.05, 0) is 57.2 Å². The fourth-order valence-corrected chi connectivity index (χ4v) is 3.38. The molecule has 1 aliphatic carbocycles. The molecule has 2 nitrogen and oxygen atoms in total. The van der Waals surface area contributed by atoms with E-state index < -0.39 is 0 Å². The van der Waals surface area contributed by atoms with E-state index in [1.807, 2.05) is 0 Å². The van der Waals surface area contributed by atoms with Crippen molar-refractivity contribution in [2.45, 2.75) is 44.6 Å². The molecule has 0 atom stereocenters. The smallest absolute Gasteiger partial charge is 0.0366 e. The summed E-state index contributed by atoms with van der Waals surface area (Å²) in [5.41, 5.74) is 3.06. The van der Waals surface area contributed by atoms with E-state index in [0.717, 1.165) is 6.04 Å². The summed E-state index contributed by atoms with van der Waals surface area (Å²) in [7, 11) is 0. The summed E-state index contributed by atoms with van der Waals surface area (Å²) in [6.07, 6.45) is 10.3. The van der Waals surface area contributed by atoms with Gasteiger partial charge in [-0.3, -0.25) is 0 Å². The maximum atomic E-state index is 3.75. The van der Waals surface area contributed by atoms with Crippen molar-refractivity contribution < 1.29 is 0 Å². The average Bonchev–Trinajstić information content (AvgIpc) is 3.02. The van der Waals surface area contributed by atoms with E-state index in [0.29, 0.717) is 0 Å². The maximum absolute atomic E-state index is 3.75. The molecule has 1 saturated heterocycles. The number of nitrogens with one attached hydrogen (secondary N) is 1. The predicted molar refractivity (Wildman–Crippen MR) is 86.2 cm³/mol. The number of rotatable bonds is 5. The predicted octanol–water partition coefficient (Wildman–Crippen LogP) is 3.75. The molecule has 1 N–H and O–H groups in total. The molecule has 1 fully saturated rings. The minimum Gasteiger partial charge on any atom is -0.371 e. The number of anilines is 1. The first-order chi connectivity index (χ1) is 9.92. The Hall–Kier alpha value is -1.28. The van der Waals surface area contributed by atoms with Gasteiger partial charge in [0, 0.05) is 24.8 Å². The van der Waals surface area contributed by atoms with E-state index in [2.05, 4.69) is 46.6 Å². The van der Waals surface area contributed by atoms with Crippen LogP contribution in [0.4, 0.5) is 5.69 Å². The molecule has 2 heteroatoms. The van der Waals surface area contributed by atoms with Crippen molar-refractivity contribution in [1.29, 1.82) is 0 Å². The highest BCUT2D eigenvalue weighted by Crippen LogP contribution is 2.21. The Morgan fingerprint density at radius 1 is 1.10 bits per heavy atom. The Kier molecular flexibility index (Phi) is 4.75. The van der Waals surface area contributed by atoms with Crippen molar-refractivity contribution >= 4 is 5.69 Å². The van der Waals surface area contributed by atoms with Crippen LogP contribution in [0.3, 0.4) is 0 Å². The third-order valence-corrected chi connectivity index (χ3v) is 4.63. The first-order valence-corrected chi connectivity index (χ1v) is 8.13. The molecule has 0 aromatic heterocycles. The summed E-state index contributed by atoms with van der Waals surface area (Å²) in [4.78, 5) is 2.51. The van der Waals surface area contributed by atoms with E-state index in [9.17, 15) is 0 Å². The van der Waals surface area contributed by atoms with Crippen molar-refractivity contribution in [3.05, 3.63) is 42.0 Å². The second-order valence-electron chi connectivity index (χ2n) is 6.06. The summed E-state index contributed by atoms with van der Waals surface area (Å²) in [5, 5.41) is 3.75. The zero-order valence-corrected chi connectivity index (χ0v) is 12.4. The normalized spacial score (nSPS) is 20.2. The fraction of sp³-hybridized carbons (Fsp3) is 0.556. The maximum Gasteiger partial charge on any atom is 0.0366 e. The van der Waals surface area contributed by atoms with Crippen molar-refractivity contribution in [2.24, 2.45) is 0 Å². The van der Waals surface area contributed by atoms with Gasteiger partial charge in [0.05, 0.1) is 0 Å². The minimum absolute atomic E-state index is 0.719. The molecular weight excluding hydrogens is 244 g/mol. The molecule has 0 bridgehead atoms. The molecule has 0 radical (unpaired) electrons. The number of nitrogens with zero attached hydrogens (tertiary/aromatic N) is 1. The van der Waals surface area contributed by atoms with Crippen molar-refractivity contribution in [3.63, 3.8) is 0 Å². The van der Waals surface area contributed by atoms with Gasteiger partial charge in [0.2, 0.25) is 0 Å². The highest BCUT2D eigenvalue weighted by atomic mass is 15.1. The molecule has 2 aliphatic rings. The number of hydrogen-bond acceptors (Lipinski definition) is 2. The van der Waals surface area contributed by atoms with Crippen LogP contribution in [-0.2, 0) is 0 Å². The van der Waals surface area contributed by atoms with E-state index in [1.165, 1.54) is 63.8 Å². The van der Waals surface area contributed by atoms with Gasteiger partial charge in [-0.1, -0.05) is 29.8 Å². The number of benzene rings is 1. The lowest BCUT2D eigenvalue weighted by molar-refractivity contribution is 0.417. The third kappa shape index (κ3) is 3.63. The first-order valence-electron chi connectivity index (χ1n) is 8.13. The minimum atomic E-state index is 0.719. The number of allylic oxidation sites excluding steroid dienone is 1. The highest BCUT2D eigenvalue weighted by molar-refractivity contribution is 5.46. The van der Waals surface area contributed by atoms with Crippen LogP contribution in [0.25, 0.3) is 0 Å². The van der Waals surface area contributed by atoms with Crippen molar-refractivity contribution in [2.75, 3.05) is 24.5 Å². The number of hydrogen-bond donors (Lipinski definition) is 1. The van der Waals surface area contributed by atoms with Gasteiger partial charge in [0.1, 0.15) is 0 Å². The molecule has 20 heavy (non-hydrogen) atoms. The molecule has 3 rings (SSSR count). The molecule has 0 unspecified atom stereocenters. The highest BCUT2D eigenvalue weighted by Gasteiger charge is 2.18. The zero-order valence-electron chi connectivity index (χ0n) is 12.4. The summed E-state index contributed by atoms with van der Waals surface area (Å²) in [6, 6.07) is 11.5. The van der Waals surface area contributed by atoms with Gasteiger partial charge in [-0.2, -0.15) is 0 Å². The molecule has 1 aromatic rings. The first kappa shape index (κ1) is 13.7. The van der Waals surface area contributed by atoms with Gasteiger partial charge < -0.3 is 10.2 Å². The Labute approximate surface area is 122 Å². The molecule has 1 aliphatic heterocycles. The van der Waals surface area contributed by atoms with Gasteiger partial charge in [0.15, 0.2) is 0 Å². The van der Waals surface area contributed by atoms with E-state index in [4.69, 9.17) is 0 Å². The van der Waals surface area contributed by atoms with Crippen molar-refractivity contribution in [1.82, 2.24) is 5.32 Å². The quantitative estimate of drug-likeness (QED) is 0.820. The van der Waals surface area contributed by atoms with Crippen LogP contribution in [0, 0.1) is 0 Å². The third-order valence-electron chi connectivity index (χ3n) is 4.63. The fourth-order valence-electron chi connectivity index (χ4n) is 3.38. The summed E-state index contributed by atoms with van der Waals surface area (Å²) in [5.74, 6) is 0. The van der Waals surface area contributed by atoms with Crippen LogP contribution >= 0.6 is 0 Å². The molecule has 1 aromatic carbocycles. The summed E-state index contributed by atoms with van der Waals surface area (Å²) in [6.45, 7) is 3.54. The van der Waals surface area contributed by atoms with Gasteiger partial charge in [-0.25, -0.2) is 0 Å². The number of para-hydroxylation sites is 1. The van der Waals surface area contributed by atoms with Crippen LogP contribution < -0.4 is 10.2 Å². The molecular formula is C18H26N2. The molecule has 1 heterocycles. The lowest BCUT2D eigenvalue weighted by Crippen LogP contribution is -2.42. The lowest BCUT2D eigenvalue weighted by atomic mass is 10.0. The van der Waals surface area contributed by atoms with E-state index >= 15 is 0 Å². The summed E-state index contributed by atoms with van der Waals surface area (Å²) < 4.78 is 0. The Bertz CT molecular complexity index is 430. The Balaban J connectivity index is 1.38. The monoisotopic (exact) mass is 270 g/mol. The molecule has 0 spiro atoms. The van der Waals surface area contributed by atoms with Crippen LogP contribution in [0.2, 0.25) is 0 Å². The van der Waals surface area contributed by atoms with Gasteiger partial charge in [0.25, 0.3) is 0 Å². The summed E-state index contributed by atoms with van der Waals surface area (Å²) >= 11 is 0.